The number of piperidine rings is 1. The van der Waals surface area contributed by atoms with Gasteiger partial charge in [0.15, 0.2) is 0 Å². The van der Waals surface area contributed by atoms with Crippen molar-refractivity contribution in [3.8, 4) is 0 Å². The summed E-state index contributed by atoms with van der Waals surface area (Å²) in [6.07, 6.45) is 2.52. The van der Waals surface area contributed by atoms with Gasteiger partial charge in [-0.25, -0.2) is 9.37 Å². The van der Waals surface area contributed by atoms with Crippen LogP contribution in [0.15, 0.2) is 53.7 Å². The minimum atomic E-state index is -0.682. The van der Waals surface area contributed by atoms with Gasteiger partial charge in [0, 0.05) is 18.8 Å². The lowest BCUT2D eigenvalue weighted by Gasteiger charge is -2.31. The number of nitrogens with one attached hydrogen (secondary N) is 2. The van der Waals surface area contributed by atoms with Gasteiger partial charge in [-0.3, -0.25) is 14.4 Å². The molecule has 0 spiro atoms. The molecule has 156 valence electrons. The van der Waals surface area contributed by atoms with Gasteiger partial charge < -0.3 is 15.5 Å². The molecular weight excluding hydrogens is 455 g/mol. The minimum Gasteiger partial charge on any atom is -0.338 e. The molecule has 1 atom stereocenters. The second-order valence-electron chi connectivity index (χ2n) is 6.81. The highest BCUT2D eigenvalue weighted by atomic mass is 79.9. The van der Waals surface area contributed by atoms with Crippen LogP contribution in [0.25, 0.3) is 0 Å². The molecule has 2 aromatic rings. The quantitative estimate of drug-likeness (QED) is 0.511. The number of aromatic nitrogens is 1. The van der Waals surface area contributed by atoms with Crippen LogP contribution >= 0.6 is 15.9 Å². The molecule has 2 N–H and O–H groups in total. The molecule has 0 radical (unpaired) electrons. The first-order valence-electron chi connectivity index (χ1n) is 9.33. The maximum Gasteiger partial charge on any atom is 0.274 e. The fraction of sp³-hybridized carbons (Fsp3) is 0.238. The zero-order valence-electron chi connectivity index (χ0n) is 16.0. The smallest absolute Gasteiger partial charge is 0.274 e. The molecular formula is C21H20BrFN4O3. The van der Waals surface area contributed by atoms with Crippen molar-refractivity contribution < 1.29 is 18.8 Å². The molecule has 30 heavy (non-hydrogen) atoms. The predicted molar refractivity (Wildman–Crippen MR) is 114 cm³/mol. The van der Waals surface area contributed by atoms with E-state index in [-0.39, 0.29) is 35.4 Å². The van der Waals surface area contributed by atoms with E-state index in [1.54, 1.807) is 17.0 Å². The number of carbonyl (C=O) groups excluding carboxylic acids is 3. The van der Waals surface area contributed by atoms with Crippen molar-refractivity contribution in [3.63, 3.8) is 0 Å². The van der Waals surface area contributed by atoms with Gasteiger partial charge in [-0.15, -0.1) is 0 Å². The SMILES string of the molecule is C=CC(=O)N1CCC[C@H](C(=O)Nc2ccc(NC(=O)c3cccc(Br)n3)cc2F)C1. The number of hydrogen-bond acceptors (Lipinski definition) is 4. The fourth-order valence-corrected chi connectivity index (χ4v) is 3.52. The Bertz CT molecular complexity index is 998. The van der Waals surface area contributed by atoms with E-state index < -0.39 is 17.6 Å². The van der Waals surface area contributed by atoms with Gasteiger partial charge in [0.2, 0.25) is 11.8 Å². The number of nitrogens with zero attached hydrogens (tertiary/aromatic N) is 2. The van der Waals surface area contributed by atoms with E-state index in [0.29, 0.717) is 24.0 Å². The van der Waals surface area contributed by atoms with E-state index in [1.165, 1.54) is 24.3 Å². The first kappa shape index (κ1) is 21.6. The Labute approximate surface area is 181 Å². The average molecular weight is 475 g/mol. The van der Waals surface area contributed by atoms with E-state index in [1.807, 2.05) is 0 Å². The summed E-state index contributed by atoms with van der Waals surface area (Å²) in [5.41, 5.74) is 0.418. The van der Waals surface area contributed by atoms with Crippen LogP contribution < -0.4 is 10.6 Å². The lowest BCUT2D eigenvalue weighted by Crippen LogP contribution is -2.43. The largest absolute Gasteiger partial charge is 0.338 e. The van der Waals surface area contributed by atoms with Crippen LogP contribution in [0.1, 0.15) is 23.3 Å². The van der Waals surface area contributed by atoms with E-state index in [2.05, 4.69) is 38.1 Å². The molecule has 0 aliphatic carbocycles. The van der Waals surface area contributed by atoms with Crippen molar-refractivity contribution in [2.45, 2.75) is 12.8 Å². The number of benzene rings is 1. The summed E-state index contributed by atoms with van der Waals surface area (Å²) in [5, 5.41) is 5.13. The molecule has 1 aromatic carbocycles. The molecule has 1 aliphatic rings. The molecule has 2 heterocycles. The maximum absolute atomic E-state index is 14.5. The molecule has 1 aliphatic heterocycles. The number of pyridine rings is 1. The Morgan fingerprint density at radius 1 is 1.23 bits per heavy atom. The number of likely N-dealkylation sites (tertiary alicyclic amines) is 1. The van der Waals surface area contributed by atoms with Gasteiger partial charge >= 0.3 is 0 Å². The van der Waals surface area contributed by atoms with Gasteiger partial charge in [0.1, 0.15) is 16.1 Å². The van der Waals surface area contributed by atoms with Gasteiger partial charge in [-0.2, -0.15) is 0 Å². The number of amides is 3. The van der Waals surface area contributed by atoms with Crippen LogP contribution in [0.5, 0.6) is 0 Å². The summed E-state index contributed by atoms with van der Waals surface area (Å²) in [6.45, 7) is 4.30. The normalized spacial score (nSPS) is 15.9. The zero-order chi connectivity index (χ0) is 21.7. The van der Waals surface area contributed by atoms with Crippen LogP contribution in [-0.2, 0) is 9.59 Å². The van der Waals surface area contributed by atoms with Crippen LogP contribution in [0.4, 0.5) is 15.8 Å². The Balaban J connectivity index is 1.63. The third-order valence-corrected chi connectivity index (χ3v) is 5.15. The van der Waals surface area contributed by atoms with Gasteiger partial charge in [-0.05, 0) is 65.2 Å². The minimum absolute atomic E-state index is 0.00532. The van der Waals surface area contributed by atoms with Crippen molar-refractivity contribution in [3.05, 3.63) is 65.2 Å². The second kappa shape index (κ2) is 9.62. The molecule has 1 aromatic heterocycles. The summed E-state index contributed by atoms with van der Waals surface area (Å²) < 4.78 is 15.0. The molecule has 0 bridgehead atoms. The van der Waals surface area contributed by atoms with Crippen molar-refractivity contribution in [1.29, 1.82) is 0 Å². The highest BCUT2D eigenvalue weighted by molar-refractivity contribution is 9.10. The van der Waals surface area contributed by atoms with Crippen LogP contribution in [0.3, 0.4) is 0 Å². The number of halogens is 2. The Kier molecular flexibility index (Phi) is 6.94. The van der Waals surface area contributed by atoms with E-state index >= 15 is 0 Å². The fourth-order valence-electron chi connectivity index (χ4n) is 3.18. The number of hydrogen-bond donors (Lipinski definition) is 2. The van der Waals surface area contributed by atoms with Crippen molar-refractivity contribution in [2.75, 3.05) is 23.7 Å². The first-order chi connectivity index (χ1) is 14.4. The standard InChI is InChI=1S/C21H20BrFN4O3/c1-2-19(28)27-10-4-5-13(12-27)20(29)26-16-9-8-14(11-15(16)23)24-21(30)17-6-3-7-18(22)25-17/h2-3,6-9,11,13H,1,4-5,10,12H2,(H,24,30)(H,26,29)/t13-/m0/s1. The topological polar surface area (TPSA) is 91.4 Å². The van der Waals surface area contributed by atoms with Crippen LogP contribution in [0.2, 0.25) is 0 Å². The molecule has 0 saturated carbocycles. The summed E-state index contributed by atoms with van der Waals surface area (Å²) >= 11 is 3.19. The molecule has 9 heteroatoms. The summed E-state index contributed by atoms with van der Waals surface area (Å²) in [4.78, 5) is 42.1. The lowest BCUT2D eigenvalue weighted by molar-refractivity contribution is -0.130. The van der Waals surface area contributed by atoms with E-state index in [4.69, 9.17) is 0 Å². The van der Waals surface area contributed by atoms with Gasteiger partial charge in [-0.1, -0.05) is 12.6 Å². The molecule has 3 rings (SSSR count). The van der Waals surface area contributed by atoms with Crippen LogP contribution in [-0.4, -0.2) is 40.7 Å². The molecule has 1 saturated heterocycles. The van der Waals surface area contributed by atoms with Crippen LogP contribution in [0, 0.1) is 11.7 Å². The number of rotatable bonds is 5. The predicted octanol–water partition coefficient (Wildman–Crippen LogP) is 3.60. The Hall–Kier alpha value is -3.07. The number of anilines is 2. The van der Waals surface area contributed by atoms with E-state index in [0.717, 1.165) is 6.07 Å². The Morgan fingerprint density at radius 3 is 2.73 bits per heavy atom. The molecule has 1 fully saturated rings. The maximum atomic E-state index is 14.5. The van der Waals surface area contributed by atoms with Crippen molar-refractivity contribution in [2.24, 2.45) is 5.92 Å². The lowest BCUT2D eigenvalue weighted by atomic mass is 9.97. The van der Waals surface area contributed by atoms with E-state index in [9.17, 15) is 18.8 Å². The second-order valence-corrected chi connectivity index (χ2v) is 7.62. The van der Waals surface area contributed by atoms with Gasteiger partial charge in [0.25, 0.3) is 5.91 Å². The highest BCUT2D eigenvalue weighted by Gasteiger charge is 2.28. The first-order valence-corrected chi connectivity index (χ1v) is 10.1. The summed E-state index contributed by atoms with van der Waals surface area (Å²) in [6, 6.07) is 8.89. The highest BCUT2D eigenvalue weighted by Crippen LogP contribution is 2.23. The van der Waals surface area contributed by atoms with Gasteiger partial charge in [0.05, 0.1) is 11.6 Å². The third-order valence-electron chi connectivity index (χ3n) is 4.71. The number of carbonyl (C=O) groups is 3. The molecule has 0 unspecified atom stereocenters. The molecule has 7 nitrogen and oxygen atoms in total. The molecule has 3 amide bonds. The zero-order valence-corrected chi connectivity index (χ0v) is 17.6. The van der Waals surface area contributed by atoms with Crippen molar-refractivity contribution in [1.82, 2.24) is 9.88 Å². The summed E-state index contributed by atoms with van der Waals surface area (Å²) in [5.74, 6) is -2.17. The Morgan fingerprint density at radius 2 is 2.03 bits per heavy atom. The monoisotopic (exact) mass is 474 g/mol. The average Bonchev–Trinajstić information content (AvgIpc) is 2.75. The summed E-state index contributed by atoms with van der Waals surface area (Å²) in [7, 11) is 0. The van der Waals surface area contributed by atoms with Crippen molar-refractivity contribution >= 4 is 45.0 Å². The third kappa shape index (κ3) is 5.29.